The van der Waals surface area contributed by atoms with Gasteiger partial charge in [-0.05, 0) is 70.6 Å². The molecular formula is C41H67O8P. The van der Waals surface area contributed by atoms with E-state index < -0.39 is 32.5 Å². The second-order valence-corrected chi connectivity index (χ2v) is 13.5. The average Bonchev–Trinajstić information content (AvgIpc) is 3.08. The fourth-order valence-corrected chi connectivity index (χ4v) is 5.04. The third-order valence-electron chi connectivity index (χ3n) is 7.49. The first-order chi connectivity index (χ1) is 24.3. The maximum atomic E-state index is 12.4. The van der Waals surface area contributed by atoms with Crippen molar-refractivity contribution in [2.75, 3.05) is 13.2 Å². The SMILES string of the molecule is CC/C=C/C=C/C=C/C=C/CCCCCCCC(=O)OC[C@H](COP(=O)(O)O)OC(=O)CCCCCC/C=C/C/C=C/C/C=C/CCCCC. The van der Waals surface area contributed by atoms with E-state index in [0.29, 0.717) is 12.8 Å². The van der Waals surface area contributed by atoms with Crippen LogP contribution in [-0.2, 0) is 28.2 Å². The number of ether oxygens (including phenoxy) is 2. The van der Waals surface area contributed by atoms with Crippen molar-refractivity contribution in [3.05, 3.63) is 85.1 Å². The number of phosphoric ester groups is 1. The summed E-state index contributed by atoms with van der Waals surface area (Å²) < 4.78 is 26.3. The molecule has 0 aliphatic heterocycles. The molecule has 0 aromatic carbocycles. The Kier molecular flexibility index (Phi) is 34.0. The minimum atomic E-state index is -4.77. The van der Waals surface area contributed by atoms with E-state index in [2.05, 4.69) is 73.1 Å². The Bertz CT molecular complexity index is 1080. The van der Waals surface area contributed by atoms with Gasteiger partial charge in [-0.2, -0.15) is 0 Å². The lowest BCUT2D eigenvalue weighted by Crippen LogP contribution is -2.29. The zero-order chi connectivity index (χ0) is 36.8. The number of unbranched alkanes of at least 4 members (excludes halogenated alkanes) is 12. The van der Waals surface area contributed by atoms with Crippen molar-refractivity contribution >= 4 is 19.8 Å². The summed E-state index contributed by atoms with van der Waals surface area (Å²) in [6.45, 7) is 3.45. The molecule has 0 saturated heterocycles. The largest absolute Gasteiger partial charge is 0.469 e. The van der Waals surface area contributed by atoms with E-state index in [9.17, 15) is 14.2 Å². The van der Waals surface area contributed by atoms with Crippen molar-refractivity contribution < 1.29 is 37.9 Å². The van der Waals surface area contributed by atoms with Gasteiger partial charge in [0.05, 0.1) is 6.61 Å². The highest BCUT2D eigenvalue weighted by atomic mass is 31.2. The summed E-state index contributed by atoms with van der Waals surface area (Å²) in [7, 11) is -4.77. The highest BCUT2D eigenvalue weighted by Crippen LogP contribution is 2.36. The smallest absolute Gasteiger partial charge is 0.462 e. The number of esters is 2. The standard InChI is InChI=1S/C41H67O8P/c1-3-5-7-9-11-13-15-17-19-20-22-24-26-28-30-32-34-36-41(43)49-39(38-48-50(44,45)46)37-47-40(42)35-33-31-29-27-25-23-21-18-16-14-12-10-8-6-4-2/h6,8,10-14,16-19,21-22,24,39H,3-5,7,9,15,20,23,25-38H2,1-2H3,(H2,44,45,46)/b8-6+,12-10+,13-11+,16-14+,19-17+,21-18+,24-22+/t39-/m1/s1. The summed E-state index contributed by atoms with van der Waals surface area (Å²) in [6, 6.07) is 0. The van der Waals surface area contributed by atoms with Crippen LogP contribution in [0.3, 0.4) is 0 Å². The highest BCUT2D eigenvalue weighted by Gasteiger charge is 2.22. The first-order valence-corrected chi connectivity index (χ1v) is 20.5. The van der Waals surface area contributed by atoms with Crippen molar-refractivity contribution in [1.82, 2.24) is 0 Å². The van der Waals surface area contributed by atoms with E-state index in [4.69, 9.17) is 19.3 Å². The maximum Gasteiger partial charge on any atom is 0.469 e. The third kappa shape index (κ3) is 38.0. The zero-order valence-corrected chi connectivity index (χ0v) is 31.9. The van der Waals surface area contributed by atoms with Crippen LogP contribution in [-0.4, -0.2) is 41.0 Å². The lowest BCUT2D eigenvalue weighted by Gasteiger charge is -2.18. The van der Waals surface area contributed by atoms with Gasteiger partial charge in [-0.1, -0.05) is 144 Å². The molecule has 50 heavy (non-hydrogen) atoms. The molecule has 284 valence electrons. The normalized spacial score (nSPS) is 13.4. The van der Waals surface area contributed by atoms with E-state index in [1.165, 1.54) is 25.7 Å². The Morgan fingerprint density at radius 1 is 0.560 bits per heavy atom. The van der Waals surface area contributed by atoms with Gasteiger partial charge in [-0.15, -0.1) is 0 Å². The number of carbonyl (C=O) groups excluding carboxylic acids is 2. The number of rotatable bonds is 33. The molecule has 0 aliphatic carbocycles. The molecule has 0 radical (unpaired) electrons. The van der Waals surface area contributed by atoms with Crippen LogP contribution in [0.4, 0.5) is 0 Å². The predicted octanol–water partition coefficient (Wildman–Crippen LogP) is 11.3. The van der Waals surface area contributed by atoms with Crippen LogP contribution in [0, 0.1) is 0 Å². The van der Waals surface area contributed by atoms with Crippen molar-refractivity contribution in [3.63, 3.8) is 0 Å². The predicted molar refractivity (Wildman–Crippen MR) is 207 cm³/mol. The fraction of sp³-hybridized carbons (Fsp3) is 0.610. The molecule has 0 fully saturated rings. The van der Waals surface area contributed by atoms with E-state index in [1.807, 2.05) is 30.4 Å². The van der Waals surface area contributed by atoms with Gasteiger partial charge in [0.15, 0.2) is 6.10 Å². The number of hydrogen-bond acceptors (Lipinski definition) is 6. The van der Waals surface area contributed by atoms with Crippen LogP contribution in [0.15, 0.2) is 85.1 Å². The molecule has 2 N–H and O–H groups in total. The molecule has 0 aromatic heterocycles. The number of carbonyl (C=O) groups is 2. The van der Waals surface area contributed by atoms with Crippen molar-refractivity contribution in [1.29, 1.82) is 0 Å². The molecule has 0 aliphatic rings. The fourth-order valence-electron chi connectivity index (χ4n) is 4.68. The monoisotopic (exact) mass is 718 g/mol. The van der Waals surface area contributed by atoms with Gasteiger partial charge in [-0.25, -0.2) is 4.57 Å². The van der Waals surface area contributed by atoms with Crippen LogP contribution in [0.2, 0.25) is 0 Å². The average molecular weight is 719 g/mol. The van der Waals surface area contributed by atoms with Crippen molar-refractivity contribution in [2.45, 2.75) is 148 Å². The molecule has 0 amide bonds. The number of allylic oxidation sites excluding steroid dienone is 14. The molecule has 9 heteroatoms. The Balaban J connectivity index is 4.08. The summed E-state index contributed by atoms with van der Waals surface area (Å²) in [5.41, 5.74) is 0. The van der Waals surface area contributed by atoms with Crippen LogP contribution >= 0.6 is 7.82 Å². The van der Waals surface area contributed by atoms with E-state index in [1.54, 1.807) is 0 Å². The van der Waals surface area contributed by atoms with Gasteiger partial charge in [0.25, 0.3) is 0 Å². The van der Waals surface area contributed by atoms with Gasteiger partial charge in [0.2, 0.25) is 0 Å². The second kappa shape index (κ2) is 36.0. The van der Waals surface area contributed by atoms with Gasteiger partial charge in [0.1, 0.15) is 6.61 Å². The first kappa shape index (κ1) is 47.2. The summed E-state index contributed by atoms with van der Waals surface area (Å²) in [5, 5.41) is 0. The topological polar surface area (TPSA) is 119 Å². The van der Waals surface area contributed by atoms with Crippen LogP contribution in [0.25, 0.3) is 0 Å². The molecule has 0 bridgehead atoms. The van der Waals surface area contributed by atoms with Gasteiger partial charge in [0, 0.05) is 12.8 Å². The lowest BCUT2D eigenvalue weighted by molar-refractivity contribution is -0.161. The van der Waals surface area contributed by atoms with Gasteiger partial charge >= 0.3 is 19.8 Å². The maximum absolute atomic E-state index is 12.4. The molecule has 8 nitrogen and oxygen atoms in total. The van der Waals surface area contributed by atoms with Gasteiger partial charge < -0.3 is 19.3 Å². The summed E-state index contributed by atoms with van der Waals surface area (Å²) in [4.78, 5) is 42.7. The molecule has 0 unspecified atom stereocenters. The zero-order valence-electron chi connectivity index (χ0n) is 31.0. The summed E-state index contributed by atoms with van der Waals surface area (Å²) in [5.74, 6) is -0.947. The Labute approximate surface area is 303 Å². The van der Waals surface area contributed by atoms with Gasteiger partial charge in [-0.3, -0.25) is 14.1 Å². The van der Waals surface area contributed by atoms with Crippen LogP contribution in [0.5, 0.6) is 0 Å². The van der Waals surface area contributed by atoms with E-state index in [-0.39, 0.29) is 19.4 Å². The molecule has 0 rings (SSSR count). The molecule has 0 spiro atoms. The minimum Gasteiger partial charge on any atom is -0.462 e. The molecular weight excluding hydrogens is 651 g/mol. The molecule has 1 atom stereocenters. The van der Waals surface area contributed by atoms with Crippen molar-refractivity contribution in [3.8, 4) is 0 Å². The lowest BCUT2D eigenvalue weighted by atomic mass is 10.1. The summed E-state index contributed by atoms with van der Waals surface area (Å²) >= 11 is 0. The molecule has 0 aromatic rings. The second-order valence-electron chi connectivity index (χ2n) is 12.3. The Morgan fingerprint density at radius 3 is 1.62 bits per heavy atom. The molecule has 0 saturated carbocycles. The third-order valence-corrected chi connectivity index (χ3v) is 7.98. The quantitative estimate of drug-likeness (QED) is 0.0226. The number of hydrogen-bond donors (Lipinski definition) is 2. The van der Waals surface area contributed by atoms with E-state index >= 15 is 0 Å². The molecule has 0 heterocycles. The number of phosphoric acid groups is 1. The van der Waals surface area contributed by atoms with Crippen molar-refractivity contribution in [2.24, 2.45) is 0 Å². The van der Waals surface area contributed by atoms with Crippen LogP contribution < -0.4 is 0 Å². The Morgan fingerprint density at radius 2 is 1.04 bits per heavy atom. The summed E-state index contributed by atoms with van der Waals surface area (Å²) in [6.07, 6.45) is 47.2. The van der Waals surface area contributed by atoms with E-state index in [0.717, 1.165) is 77.0 Å². The first-order valence-electron chi connectivity index (χ1n) is 18.9. The van der Waals surface area contributed by atoms with Crippen LogP contribution in [0.1, 0.15) is 142 Å². The highest BCUT2D eigenvalue weighted by molar-refractivity contribution is 7.46. The Hall–Kier alpha value is -2.77. The minimum absolute atomic E-state index is 0.175.